The van der Waals surface area contributed by atoms with Crippen molar-refractivity contribution in [2.75, 3.05) is 5.32 Å². The molecule has 1 aliphatic rings. The lowest BCUT2D eigenvalue weighted by Crippen LogP contribution is -2.29. The molecule has 7 heteroatoms. The average molecular weight is 355 g/mol. The van der Waals surface area contributed by atoms with Crippen molar-refractivity contribution < 1.29 is 18.3 Å². The van der Waals surface area contributed by atoms with E-state index in [2.05, 4.69) is 10.3 Å². The molecule has 4 rings (SSSR count). The van der Waals surface area contributed by atoms with Crippen molar-refractivity contribution in [1.82, 2.24) is 9.55 Å². The molecule has 0 saturated heterocycles. The van der Waals surface area contributed by atoms with Crippen LogP contribution in [0.25, 0.3) is 11.0 Å². The number of imidazole rings is 1. The van der Waals surface area contributed by atoms with Crippen molar-refractivity contribution in [3.63, 3.8) is 0 Å². The molecule has 3 aromatic rings. The van der Waals surface area contributed by atoms with Gasteiger partial charge in [0.25, 0.3) is 0 Å². The van der Waals surface area contributed by atoms with Gasteiger partial charge in [-0.2, -0.15) is 0 Å². The Bertz CT molecular complexity index is 1020. The Morgan fingerprint density at radius 1 is 1.38 bits per heavy atom. The molecule has 0 bridgehead atoms. The van der Waals surface area contributed by atoms with Gasteiger partial charge in [0.2, 0.25) is 5.95 Å². The monoisotopic (exact) mass is 355 g/mol. The van der Waals surface area contributed by atoms with Crippen molar-refractivity contribution in [1.29, 1.82) is 0 Å². The van der Waals surface area contributed by atoms with Crippen LogP contribution in [0.3, 0.4) is 0 Å². The SMILES string of the molecule is CC1=C(C(=O)OC(C)C)C(c2ccoc2)n2c(nc3cc(F)ccc32)N1. The Morgan fingerprint density at radius 2 is 2.19 bits per heavy atom. The minimum absolute atomic E-state index is 0.247. The van der Waals surface area contributed by atoms with E-state index in [1.54, 1.807) is 45.4 Å². The molecule has 1 N–H and O–H groups in total. The second-order valence-electron chi connectivity index (χ2n) is 6.52. The molecule has 134 valence electrons. The van der Waals surface area contributed by atoms with E-state index in [4.69, 9.17) is 9.15 Å². The third-order valence-electron chi connectivity index (χ3n) is 4.31. The summed E-state index contributed by atoms with van der Waals surface area (Å²) in [5.74, 6) is -0.238. The molecule has 1 aliphatic heterocycles. The van der Waals surface area contributed by atoms with Crippen LogP contribution in [-0.2, 0) is 9.53 Å². The fourth-order valence-electron chi connectivity index (χ4n) is 3.28. The lowest BCUT2D eigenvalue weighted by molar-refractivity contribution is -0.143. The number of fused-ring (bicyclic) bond motifs is 3. The number of aromatic nitrogens is 2. The van der Waals surface area contributed by atoms with Crippen LogP contribution in [0.4, 0.5) is 10.3 Å². The number of hydrogen-bond acceptors (Lipinski definition) is 5. The zero-order valence-corrected chi connectivity index (χ0v) is 14.6. The second kappa shape index (κ2) is 6.01. The number of carbonyl (C=O) groups excluding carboxylic acids is 1. The Labute approximate surface area is 149 Å². The first-order valence-corrected chi connectivity index (χ1v) is 8.34. The number of halogens is 1. The van der Waals surface area contributed by atoms with E-state index < -0.39 is 12.0 Å². The maximum atomic E-state index is 13.6. The van der Waals surface area contributed by atoms with Crippen LogP contribution in [0.1, 0.15) is 32.4 Å². The summed E-state index contributed by atoms with van der Waals surface area (Å²) in [6.07, 6.45) is 2.89. The predicted octanol–water partition coefficient (Wildman–Crippen LogP) is 4.01. The highest BCUT2D eigenvalue weighted by Crippen LogP contribution is 2.39. The first kappa shape index (κ1) is 16.4. The van der Waals surface area contributed by atoms with Crippen LogP contribution >= 0.6 is 0 Å². The van der Waals surface area contributed by atoms with Crippen LogP contribution < -0.4 is 5.32 Å². The maximum Gasteiger partial charge on any atom is 0.338 e. The molecular formula is C19H18FN3O3. The molecule has 1 unspecified atom stereocenters. The molecule has 26 heavy (non-hydrogen) atoms. The number of anilines is 1. The minimum atomic E-state index is -0.480. The predicted molar refractivity (Wildman–Crippen MR) is 94.1 cm³/mol. The molecule has 6 nitrogen and oxygen atoms in total. The highest BCUT2D eigenvalue weighted by Gasteiger charge is 2.35. The summed E-state index contributed by atoms with van der Waals surface area (Å²) in [4.78, 5) is 17.3. The summed E-state index contributed by atoms with van der Waals surface area (Å²) in [5, 5.41) is 3.14. The summed E-state index contributed by atoms with van der Waals surface area (Å²) >= 11 is 0. The third kappa shape index (κ3) is 2.56. The van der Waals surface area contributed by atoms with Gasteiger partial charge in [-0.05, 0) is 39.0 Å². The normalized spacial score (nSPS) is 16.7. The van der Waals surface area contributed by atoms with Gasteiger partial charge in [0.15, 0.2) is 0 Å². The Balaban J connectivity index is 1.94. The van der Waals surface area contributed by atoms with Crippen LogP contribution in [0.15, 0.2) is 52.5 Å². The van der Waals surface area contributed by atoms with Crippen molar-refractivity contribution >= 4 is 23.0 Å². The van der Waals surface area contributed by atoms with Gasteiger partial charge >= 0.3 is 5.97 Å². The van der Waals surface area contributed by atoms with Gasteiger partial charge in [-0.1, -0.05) is 0 Å². The van der Waals surface area contributed by atoms with Gasteiger partial charge in [0, 0.05) is 17.3 Å². The number of allylic oxidation sites excluding steroid dienone is 1. The quantitative estimate of drug-likeness (QED) is 0.719. The fourth-order valence-corrected chi connectivity index (χ4v) is 3.28. The Kier molecular flexibility index (Phi) is 3.79. The summed E-state index contributed by atoms with van der Waals surface area (Å²) in [6, 6.07) is 5.72. The molecule has 0 fully saturated rings. The van der Waals surface area contributed by atoms with Gasteiger partial charge in [-0.15, -0.1) is 0 Å². The van der Waals surface area contributed by atoms with Crippen LogP contribution in [0.5, 0.6) is 0 Å². The van der Waals surface area contributed by atoms with Gasteiger partial charge in [-0.3, -0.25) is 4.57 Å². The van der Waals surface area contributed by atoms with Crippen LogP contribution in [0, 0.1) is 5.82 Å². The number of ether oxygens (including phenoxy) is 1. The smallest absolute Gasteiger partial charge is 0.338 e. The minimum Gasteiger partial charge on any atom is -0.472 e. The molecule has 1 atom stereocenters. The van der Waals surface area contributed by atoms with E-state index in [1.165, 1.54) is 12.1 Å². The van der Waals surface area contributed by atoms with E-state index in [0.29, 0.717) is 28.3 Å². The van der Waals surface area contributed by atoms with Crippen molar-refractivity contribution in [2.45, 2.75) is 32.9 Å². The highest BCUT2D eigenvalue weighted by atomic mass is 19.1. The zero-order valence-electron chi connectivity index (χ0n) is 14.6. The van der Waals surface area contributed by atoms with Crippen molar-refractivity contribution in [3.8, 4) is 0 Å². The highest BCUT2D eigenvalue weighted by molar-refractivity contribution is 5.94. The molecule has 0 saturated carbocycles. The molecule has 0 spiro atoms. The maximum absolute atomic E-state index is 13.6. The summed E-state index contributed by atoms with van der Waals surface area (Å²) < 4.78 is 26.2. The van der Waals surface area contributed by atoms with Crippen molar-refractivity contribution in [3.05, 3.63) is 59.4 Å². The molecule has 1 aromatic carbocycles. The first-order valence-electron chi connectivity index (χ1n) is 8.34. The number of furan rings is 1. The van der Waals surface area contributed by atoms with E-state index >= 15 is 0 Å². The molecule has 3 heterocycles. The van der Waals surface area contributed by atoms with Gasteiger partial charge < -0.3 is 14.5 Å². The molecule has 0 amide bonds. The summed E-state index contributed by atoms with van der Waals surface area (Å²) in [6.45, 7) is 5.41. The lowest BCUT2D eigenvalue weighted by Gasteiger charge is -2.29. The van der Waals surface area contributed by atoms with Gasteiger partial charge in [-0.25, -0.2) is 14.2 Å². The molecule has 2 aromatic heterocycles. The number of nitrogens with zero attached hydrogens (tertiary/aromatic N) is 2. The topological polar surface area (TPSA) is 69.3 Å². The van der Waals surface area contributed by atoms with Crippen molar-refractivity contribution in [2.24, 2.45) is 0 Å². The van der Waals surface area contributed by atoms with Crippen LogP contribution in [0.2, 0.25) is 0 Å². The Hall–Kier alpha value is -3.09. The average Bonchev–Trinajstić information content (AvgIpc) is 3.19. The largest absolute Gasteiger partial charge is 0.472 e. The summed E-state index contributed by atoms with van der Waals surface area (Å²) in [7, 11) is 0. The lowest BCUT2D eigenvalue weighted by atomic mass is 9.97. The number of carbonyl (C=O) groups is 1. The standard InChI is InChI=1S/C19H18FN3O3/c1-10(2)26-18(24)16-11(3)21-19-22-14-8-13(20)4-5-15(14)23(19)17(16)12-6-7-25-9-12/h4-10,17H,1-3H3,(H,21,22). The number of rotatable bonds is 3. The van der Waals surface area contributed by atoms with E-state index in [0.717, 1.165) is 5.56 Å². The summed E-state index contributed by atoms with van der Waals surface area (Å²) in [5.41, 5.74) is 3.11. The Morgan fingerprint density at radius 3 is 2.88 bits per heavy atom. The second-order valence-corrected chi connectivity index (χ2v) is 6.52. The molecule has 0 aliphatic carbocycles. The number of hydrogen-bond donors (Lipinski definition) is 1. The zero-order chi connectivity index (χ0) is 18.4. The number of esters is 1. The number of nitrogens with one attached hydrogen (secondary N) is 1. The molecular weight excluding hydrogens is 337 g/mol. The van der Waals surface area contributed by atoms with E-state index in [-0.39, 0.29) is 11.9 Å². The van der Waals surface area contributed by atoms with E-state index in [1.807, 2.05) is 4.57 Å². The first-order chi connectivity index (χ1) is 12.5. The van der Waals surface area contributed by atoms with Gasteiger partial charge in [0.05, 0.1) is 41.3 Å². The molecule has 0 radical (unpaired) electrons. The fraction of sp³-hybridized carbons (Fsp3) is 0.263. The number of benzene rings is 1. The third-order valence-corrected chi connectivity index (χ3v) is 4.31. The van der Waals surface area contributed by atoms with Crippen LogP contribution in [-0.4, -0.2) is 21.6 Å². The van der Waals surface area contributed by atoms with Gasteiger partial charge in [0.1, 0.15) is 5.82 Å². The van der Waals surface area contributed by atoms with E-state index in [9.17, 15) is 9.18 Å².